The molecule has 0 unspecified atom stereocenters. The highest BCUT2D eigenvalue weighted by Gasteiger charge is 2.23. The van der Waals surface area contributed by atoms with Gasteiger partial charge in [-0.3, -0.25) is 14.5 Å². The average molecular weight is 420 g/mol. The van der Waals surface area contributed by atoms with Gasteiger partial charge in [0.15, 0.2) is 0 Å². The molecule has 1 fully saturated rings. The molecule has 1 saturated heterocycles. The first-order valence-electron chi connectivity index (χ1n) is 9.28. The van der Waals surface area contributed by atoms with Crippen molar-refractivity contribution < 1.29 is 18.7 Å². The van der Waals surface area contributed by atoms with Gasteiger partial charge in [0.05, 0.1) is 19.3 Å². The van der Waals surface area contributed by atoms with E-state index >= 15 is 0 Å². The highest BCUT2D eigenvalue weighted by atomic mass is 35.5. The Kier molecular flexibility index (Phi) is 6.71. The van der Waals surface area contributed by atoms with Crippen LogP contribution in [0.15, 0.2) is 36.4 Å². The van der Waals surface area contributed by atoms with Crippen molar-refractivity contribution in [3.8, 4) is 5.75 Å². The van der Waals surface area contributed by atoms with Crippen molar-refractivity contribution in [1.29, 1.82) is 0 Å². The number of methoxy groups -OCH3 is 1. The Morgan fingerprint density at radius 1 is 1.14 bits per heavy atom. The third kappa shape index (κ3) is 5.25. The van der Waals surface area contributed by atoms with Gasteiger partial charge in [-0.1, -0.05) is 11.6 Å². The van der Waals surface area contributed by atoms with E-state index in [1.165, 1.54) is 31.4 Å². The molecule has 0 aliphatic carbocycles. The van der Waals surface area contributed by atoms with Gasteiger partial charge in [0.1, 0.15) is 11.6 Å². The largest absolute Gasteiger partial charge is 0.495 e. The summed E-state index contributed by atoms with van der Waals surface area (Å²) in [6.07, 6.45) is 0. The van der Waals surface area contributed by atoms with E-state index in [9.17, 15) is 14.0 Å². The molecule has 2 amide bonds. The molecule has 0 saturated carbocycles. The Labute approximate surface area is 174 Å². The maximum atomic E-state index is 13.0. The van der Waals surface area contributed by atoms with Crippen LogP contribution in [0.3, 0.4) is 0 Å². The summed E-state index contributed by atoms with van der Waals surface area (Å²) in [6.45, 7) is 4.24. The van der Waals surface area contributed by atoms with Crippen LogP contribution in [-0.2, 0) is 4.79 Å². The summed E-state index contributed by atoms with van der Waals surface area (Å²) < 4.78 is 18.3. The van der Waals surface area contributed by atoms with Crippen LogP contribution in [0.1, 0.15) is 15.9 Å². The molecule has 6 nitrogen and oxygen atoms in total. The number of amides is 2. The van der Waals surface area contributed by atoms with Crippen LogP contribution in [0.2, 0.25) is 5.02 Å². The lowest BCUT2D eigenvalue weighted by molar-refractivity contribution is -0.117. The zero-order valence-electron chi connectivity index (χ0n) is 16.4. The summed E-state index contributed by atoms with van der Waals surface area (Å²) in [5, 5.41) is 3.43. The lowest BCUT2D eigenvalue weighted by Gasteiger charge is -2.34. The summed E-state index contributed by atoms with van der Waals surface area (Å²) in [4.78, 5) is 28.6. The first-order chi connectivity index (χ1) is 13.9. The number of rotatable bonds is 5. The van der Waals surface area contributed by atoms with Crippen molar-refractivity contribution >= 4 is 29.1 Å². The third-order valence-corrected chi connectivity index (χ3v) is 5.28. The van der Waals surface area contributed by atoms with Crippen molar-refractivity contribution in [2.45, 2.75) is 6.92 Å². The van der Waals surface area contributed by atoms with Gasteiger partial charge in [0.2, 0.25) is 5.91 Å². The Balaban J connectivity index is 1.53. The van der Waals surface area contributed by atoms with Gasteiger partial charge in [0, 0.05) is 42.8 Å². The molecule has 154 valence electrons. The summed E-state index contributed by atoms with van der Waals surface area (Å²) in [5.74, 6) is -0.160. The number of carbonyl (C=O) groups is 2. The molecule has 0 atom stereocenters. The second kappa shape index (κ2) is 9.24. The highest BCUT2D eigenvalue weighted by molar-refractivity contribution is 6.31. The van der Waals surface area contributed by atoms with Crippen LogP contribution in [-0.4, -0.2) is 61.4 Å². The van der Waals surface area contributed by atoms with Crippen LogP contribution in [0.5, 0.6) is 5.75 Å². The van der Waals surface area contributed by atoms with E-state index in [2.05, 4.69) is 5.32 Å². The van der Waals surface area contributed by atoms with E-state index in [4.69, 9.17) is 16.3 Å². The summed E-state index contributed by atoms with van der Waals surface area (Å²) in [7, 11) is 1.52. The van der Waals surface area contributed by atoms with E-state index in [0.29, 0.717) is 48.2 Å². The molecule has 0 radical (unpaired) electrons. The molecule has 0 bridgehead atoms. The number of halogens is 2. The van der Waals surface area contributed by atoms with Gasteiger partial charge in [-0.2, -0.15) is 0 Å². The van der Waals surface area contributed by atoms with Crippen LogP contribution in [0.4, 0.5) is 10.1 Å². The average Bonchev–Trinajstić information content (AvgIpc) is 2.71. The number of benzene rings is 2. The topological polar surface area (TPSA) is 61.9 Å². The minimum Gasteiger partial charge on any atom is -0.495 e. The molecule has 0 spiro atoms. The molecular weight excluding hydrogens is 397 g/mol. The maximum absolute atomic E-state index is 13.0. The predicted molar refractivity (Wildman–Crippen MR) is 110 cm³/mol. The number of nitrogens with one attached hydrogen (secondary N) is 1. The lowest BCUT2D eigenvalue weighted by Crippen LogP contribution is -2.50. The quantitative estimate of drug-likeness (QED) is 0.808. The molecule has 2 aromatic rings. The summed E-state index contributed by atoms with van der Waals surface area (Å²) in [6, 6.07) is 8.98. The molecule has 3 rings (SSSR count). The zero-order chi connectivity index (χ0) is 21.0. The fourth-order valence-corrected chi connectivity index (χ4v) is 3.36. The van der Waals surface area contributed by atoms with Crippen molar-refractivity contribution in [2.75, 3.05) is 45.2 Å². The van der Waals surface area contributed by atoms with E-state index in [1.807, 2.05) is 11.8 Å². The van der Waals surface area contributed by atoms with E-state index < -0.39 is 0 Å². The zero-order valence-corrected chi connectivity index (χ0v) is 17.1. The van der Waals surface area contributed by atoms with Crippen molar-refractivity contribution in [1.82, 2.24) is 9.80 Å². The molecule has 1 heterocycles. The number of hydrogen-bond acceptors (Lipinski definition) is 4. The minimum absolute atomic E-state index is 0.129. The van der Waals surface area contributed by atoms with Crippen LogP contribution >= 0.6 is 11.6 Å². The smallest absolute Gasteiger partial charge is 0.253 e. The number of aryl methyl sites for hydroxylation is 1. The van der Waals surface area contributed by atoms with Crippen LogP contribution < -0.4 is 10.1 Å². The Hall–Kier alpha value is -2.64. The molecule has 8 heteroatoms. The number of anilines is 1. The molecule has 29 heavy (non-hydrogen) atoms. The number of piperazine rings is 1. The lowest BCUT2D eigenvalue weighted by atomic mass is 10.1. The maximum Gasteiger partial charge on any atom is 0.253 e. The van der Waals surface area contributed by atoms with Gasteiger partial charge < -0.3 is 15.0 Å². The Bertz CT molecular complexity index is 897. The van der Waals surface area contributed by atoms with Gasteiger partial charge in [-0.15, -0.1) is 0 Å². The highest BCUT2D eigenvalue weighted by Crippen LogP contribution is 2.30. The molecule has 1 aliphatic heterocycles. The monoisotopic (exact) mass is 419 g/mol. The fraction of sp³-hybridized carbons (Fsp3) is 0.333. The SMILES string of the molecule is COc1cc(Cl)c(C)cc1NC(=O)CN1CCN(C(=O)c2ccc(F)cc2)CC1. The first-order valence-corrected chi connectivity index (χ1v) is 9.66. The molecule has 0 aromatic heterocycles. The van der Waals surface area contributed by atoms with Crippen LogP contribution in [0, 0.1) is 12.7 Å². The van der Waals surface area contributed by atoms with Gasteiger partial charge >= 0.3 is 0 Å². The van der Waals surface area contributed by atoms with Gasteiger partial charge in [-0.25, -0.2) is 4.39 Å². The summed E-state index contributed by atoms with van der Waals surface area (Å²) >= 11 is 6.10. The van der Waals surface area contributed by atoms with E-state index in [1.54, 1.807) is 17.0 Å². The second-order valence-electron chi connectivity index (χ2n) is 6.93. The number of nitrogens with zero attached hydrogens (tertiary/aromatic N) is 2. The minimum atomic E-state index is -0.370. The summed E-state index contributed by atoms with van der Waals surface area (Å²) in [5.41, 5.74) is 1.88. The number of carbonyl (C=O) groups excluding carboxylic acids is 2. The normalized spacial score (nSPS) is 14.6. The predicted octanol–water partition coefficient (Wildman–Crippen LogP) is 3.19. The molecule has 1 N–H and O–H groups in total. The van der Waals surface area contributed by atoms with Crippen molar-refractivity contribution in [3.05, 3.63) is 58.4 Å². The molecule has 1 aliphatic rings. The Morgan fingerprint density at radius 2 is 1.79 bits per heavy atom. The van der Waals surface area contributed by atoms with Gasteiger partial charge in [-0.05, 0) is 42.8 Å². The standard InChI is InChI=1S/C21H23ClFN3O3/c1-14-11-18(19(29-2)12-17(14)22)24-20(27)13-25-7-9-26(10-8-25)21(28)15-3-5-16(23)6-4-15/h3-6,11-12H,7-10,13H2,1-2H3,(H,24,27). The van der Waals surface area contributed by atoms with E-state index in [-0.39, 0.29) is 24.2 Å². The van der Waals surface area contributed by atoms with Crippen molar-refractivity contribution in [3.63, 3.8) is 0 Å². The number of hydrogen-bond donors (Lipinski definition) is 1. The third-order valence-electron chi connectivity index (χ3n) is 4.87. The fourth-order valence-electron chi connectivity index (χ4n) is 3.21. The van der Waals surface area contributed by atoms with Crippen LogP contribution in [0.25, 0.3) is 0 Å². The second-order valence-corrected chi connectivity index (χ2v) is 7.33. The van der Waals surface area contributed by atoms with Crippen molar-refractivity contribution in [2.24, 2.45) is 0 Å². The Morgan fingerprint density at radius 3 is 2.41 bits per heavy atom. The van der Waals surface area contributed by atoms with Gasteiger partial charge in [0.25, 0.3) is 5.91 Å². The van der Waals surface area contributed by atoms with E-state index in [0.717, 1.165) is 5.56 Å². The number of ether oxygens (including phenoxy) is 1. The molecular formula is C21H23ClFN3O3. The molecule has 2 aromatic carbocycles. The first kappa shape index (κ1) is 21.1.